The Morgan fingerprint density at radius 1 is 1.45 bits per heavy atom. The molecule has 0 saturated heterocycles. The third kappa shape index (κ3) is 6.22. The van der Waals surface area contributed by atoms with Gasteiger partial charge in [0.15, 0.2) is 0 Å². The van der Waals surface area contributed by atoms with Crippen molar-refractivity contribution < 1.29 is 9.00 Å². The molecule has 2 unspecified atom stereocenters. The highest BCUT2D eigenvalue weighted by Gasteiger charge is 2.12. The van der Waals surface area contributed by atoms with Gasteiger partial charge in [-0.15, -0.1) is 12.4 Å². The van der Waals surface area contributed by atoms with E-state index in [0.29, 0.717) is 23.0 Å². The first-order valence-corrected chi connectivity index (χ1v) is 8.08. The summed E-state index contributed by atoms with van der Waals surface area (Å²) in [6.07, 6.45) is 1.62. The van der Waals surface area contributed by atoms with Gasteiger partial charge in [0.2, 0.25) is 5.91 Å². The molecule has 0 aliphatic rings. The second kappa shape index (κ2) is 9.34. The smallest absolute Gasteiger partial charge is 0.228 e. The average Bonchev–Trinajstić information content (AvgIpc) is 2.33. The molecule has 1 rings (SSSR count). The fourth-order valence-electron chi connectivity index (χ4n) is 1.65. The summed E-state index contributed by atoms with van der Waals surface area (Å²) >= 11 is 6.03. The van der Waals surface area contributed by atoms with E-state index in [4.69, 9.17) is 11.6 Å². The Bertz CT molecular complexity index is 483. The highest BCUT2D eigenvalue weighted by Crippen LogP contribution is 2.22. The lowest BCUT2D eigenvalue weighted by Gasteiger charge is -2.13. The Hall–Kier alpha value is -0.620. The molecule has 114 valence electrons. The average molecular weight is 339 g/mol. The standard InChI is InChI=1S/C13H19ClN2O2S.ClH/c1-9(7-15-2)13(17)16-11-4-5-12(14)10(6-11)8-19(3)18;/h4-6,9,15H,7-8H2,1-3H3,(H,16,17);1H. The third-order valence-electron chi connectivity index (χ3n) is 2.63. The van der Waals surface area contributed by atoms with E-state index in [-0.39, 0.29) is 24.2 Å². The van der Waals surface area contributed by atoms with E-state index in [0.717, 1.165) is 5.56 Å². The van der Waals surface area contributed by atoms with Crippen LogP contribution in [0.2, 0.25) is 5.02 Å². The molecule has 2 atom stereocenters. The number of hydrogen-bond donors (Lipinski definition) is 2. The molecule has 4 nitrogen and oxygen atoms in total. The maximum Gasteiger partial charge on any atom is 0.228 e. The van der Waals surface area contributed by atoms with Crippen LogP contribution in [0.25, 0.3) is 0 Å². The van der Waals surface area contributed by atoms with Gasteiger partial charge in [0.05, 0.1) is 0 Å². The number of anilines is 1. The van der Waals surface area contributed by atoms with Gasteiger partial charge >= 0.3 is 0 Å². The molecule has 0 bridgehead atoms. The van der Waals surface area contributed by atoms with Gasteiger partial charge in [-0.05, 0) is 30.8 Å². The summed E-state index contributed by atoms with van der Waals surface area (Å²) in [6, 6.07) is 5.23. The van der Waals surface area contributed by atoms with Crippen molar-refractivity contribution in [2.45, 2.75) is 12.7 Å². The van der Waals surface area contributed by atoms with Crippen molar-refractivity contribution in [2.24, 2.45) is 5.92 Å². The summed E-state index contributed by atoms with van der Waals surface area (Å²) in [5, 5.41) is 6.36. The zero-order valence-electron chi connectivity index (χ0n) is 11.7. The van der Waals surface area contributed by atoms with E-state index in [1.807, 2.05) is 6.92 Å². The Labute approximate surface area is 133 Å². The van der Waals surface area contributed by atoms with Gasteiger partial charge in [0.1, 0.15) is 0 Å². The monoisotopic (exact) mass is 338 g/mol. The van der Waals surface area contributed by atoms with Crippen molar-refractivity contribution in [1.82, 2.24) is 5.32 Å². The first-order chi connectivity index (χ1) is 8.93. The predicted molar refractivity (Wildman–Crippen MR) is 88.2 cm³/mol. The molecule has 1 amide bonds. The SMILES string of the molecule is CNCC(C)C(=O)Nc1ccc(Cl)c(CS(C)=O)c1.Cl. The maximum absolute atomic E-state index is 11.9. The second-order valence-corrected chi connectivity index (χ2v) is 6.31. The van der Waals surface area contributed by atoms with Crippen molar-refractivity contribution in [3.8, 4) is 0 Å². The molecule has 7 heteroatoms. The Balaban J connectivity index is 0.00000361. The van der Waals surface area contributed by atoms with Crippen LogP contribution in [0.3, 0.4) is 0 Å². The number of nitrogens with one attached hydrogen (secondary N) is 2. The Morgan fingerprint density at radius 3 is 2.65 bits per heavy atom. The third-order valence-corrected chi connectivity index (χ3v) is 3.72. The van der Waals surface area contributed by atoms with E-state index < -0.39 is 10.8 Å². The second-order valence-electron chi connectivity index (χ2n) is 4.47. The number of hydrogen-bond acceptors (Lipinski definition) is 3. The molecule has 0 aromatic heterocycles. The maximum atomic E-state index is 11.9. The van der Waals surface area contributed by atoms with Crippen LogP contribution in [0.15, 0.2) is 18.2 Å². The van der Waals surface area contributed by atoms with E-state index >= 15 is 0 Å². The highest BCUT2D eigenvalue weighted by atomic mass is 35.5. The van der Waals surface area contributed by atoms with E-state index in [2.05, 4.69) is 10.6 Å². The molecule has 2 N–H and O–H groups in total. The minimum absolute atomic E-state index is 0. The van der Waals surface area contributed by atoms with Crippen LogP contribution < -0.4 is 10.6 Å². The van der Waals surface area contributed by atoms with Crippen molar-refractivity contribution >= 4 is 46.4 Å². The highest BCUT2D eigenvalue weighted by molar-refractivity contribution is 7.83. The number of benzene rings is 1. The quantitative estimate of drug-likeness (QED) is 0.837. The van der Waals surface area contributed by atoms with Crippen LogP contribution in [-0.2, 0) is 21.3 Å². The first kappa shape index (κ1) is 19.4. The number of carbonyl (C=O) groups excluding carboxylic acids is 1. The molecular formula is C13H20Cl2N2O2S. The minimum Gasteiger partial charge on any atom is -0.326 e. The molecule has 20 heavy (non-hydrogen) atoms. The molecular weight excluding hydrogens is 319 g/mol. The van der Waals surface area contributed by atoms with Gasteiger partial charge in [0, 0.05) is 46.0 Å². The zero-order valence-corrected chi connectivity index (χ0v) is 14.1. The van der Waals surface area contributed by atoms with Gasteiger partial charge in [-0.3, -0.25) is 9.00 Å². The van der Waals surface area contributed by atoms with Crippen molar-refractivity contribution in [3.63, 3.8) is 0 Å². The molecule has 0 aliphatic heterocycles. The van der Waals surface area contributed by atoms with Crippen LogP contribution in [0.1, 0.15) is 12.5 Å². The largest absolute Gasteiger partial charge is 0.326 e. The van der Waals surface area contributed by atoms with Gasteiger partial charge in [-0.25, -0.2) is 0 Å². The van der Waals surface area contributed by atoms with E-state index in [1.54, 1.807) is 31.5 Å². The van der Waals surface area contributed by atoms with Crippen LogP contribution in [-0.4, -0.2) is 30.0 Å². The van der Waals surface area contributed by atoms with Gasteiger partial charge in [-0.2, -0.15) is 0 Å². The molecule has 0 aliphatic carbocycles. The summed E-state index contributed by atoms with van der Waals surface area (Å²) < 4.78 is 11.2. The van der Waals surface area contributed by atoms with Gasteiger partial charge in [0.25, 0.3) is 0 Å². The Morgan fingerprint density at radius 2 is 2.10 bits per heavy atom. The summed E-state index contributed by atoms with van der Waals surface area (Å²) in [5.74, 6) is 0.207. The fraction of sp³-hybridized carbons (Fsp3) is 0.462. The topological polar surface area (TPSA) is 58.2 Å². The first-order valence-electron chi connectivity index (χ1n) is 5.98. The zero-order chi connectivity index (χ0) is 14.4. The van der Waals surface area contributed by atoms with Crippen molar-refractivity contribution in [1.29, 1.82) is 0 Å². The van der Waals surface area contributed by atoms with Crippen LogP contribution in [0.5, 0.6) is 0 Å². The summed E-state index contributed by atoms with van der Waals surface area (Å²) in [7, 11) is 0.840. The summed E-state index contributed by atoms with van der Waals surface area (Å²) in [4.78, 5) is 11.9. The molecule has 0 spiro atoms. The van der Waals surface area contributed by atoms with E-state index in [9.17, 15) is 9.00 Å². The molecule has 0 heterocycles. The molecule has 0 radical (unpaired) electrons. The van der Waals surface area contributed by atoms with Crippen molar-refractivity contribution in [2.75, 3.05) is 25.2 Å². The number of carbonyl (C=O) groups is 1. The number of halogens is 2. The lowest BCUT2D eigenvalue weighted by Crippen LogP contribution is -2.28. The summed E-state index contributed by atoms with van der Waals surface area (Å²) in [5.41, 5.74) is 1.46. The van der Waals surface area contributed by atoms with Crippen molar-refractivity contribution in [3.05, 3.63) is 28.8 Å². The van der Waals surface area contributed by atoms with Crippen LogP contribution in [0, 0.1) is 5.92 Å². The predicted octanol–water partition coefficient (Wildman–Crippen LogP) is 2.43. The summed E-state index contributed by atoms with van der Waals surface area (Å²) in [6.45, 7) is 2.47. The van der Waals surface area contributed by atoms with Gasteiger partial charge in [-0.1, -0.05) is 18.5 Å². The minimum atomic E-state index is -0.967. The molecule has 1 aromatic carbocycles. The lowest BCUT2D eigenvalue weighted by atomic mass is 10.1. The molecule has 0 saturated carbocycles. The number of rotatable bonds is 6. The van der Waals surface area contributed by atoms with Crippen LogP contribution in [0.4, 0.5) is 5.69 Å². The lowest BCUT2D eigenvalue weighted by molar-refractivity contribution is -0.119. The van der Waals surface area contributed by atoms with Crippen LogP contribution >= 0.6 is 24.0 Å². The normalized spacial score (nSPS) is 13.2. The molecule has 1 aromatic rings. The Kier molecular flexibility index (Phi) is 9.05. The van der Waals surface area contributed by atoms with E-state index in [1.165, 1.54) is 0 Å². The fourth-order valence-corrected chi connectivity index (χ4v) is 2.59. The molecule has 0 fully saturated rings. The van der Waals surface area contributed by atoms with Gasteiger partial charge < -0.3 is 10.6 Å². The number of amides is 1.